The Morgan fingerprint density at radius 1 is 1.09 bits per heavy atom. The van der Waals surface area contributed by atoms with Gasteiger partial charge in [-0.3, -0.25) is 4.90 Å². The highest BCUT2D eigenvalue weighted by atomic mass is 35.5. The Morgan fingerprint density at radius 3 is 2.30 bits per heavy atom. The molecule has 0 spiro atoms. The van der Waals surface area contributed by atoms with Crippen LogP contribution in [0, 0.1) is 0 Å². The maximum Gasteiger partial charge on any atom is 0.412 e. The third-order valence-corrected chi connectivity index (χ3v) is 4.41. The van der Waals surface area contributed by atoms with Gasteiger partial charge >= 0.3 is 6.18 Å². The monoisotopic (exact) mass is 347 g/mol. The Kier molecular flexibility index (Phi) is 7.62. The second-order valence-corrected chi connectivity index (χ2v) is 5.84. The molecule has 0 unspecified atom stereocenters. The lowest BCUT2D eigenvalue weighted by Gasteiger charge is -2.27. The second-order valence-electron chi connectivity index (χ2n) is 5.84. The highest BCUT2D eigenvalue weighted by Crippen LogP contribution is 2.30. The van der Waals surface area contributed by atoms with Gasteiger partial charge < -0.3 is 0 Å². The van der Waals surface area contributed by atoms with Crippen molar-refractivity contribution in [1.82, 2.24) is 4.90 Å². The third kappa shape index (κ3) is 5.54. The molecule has 0 aromatic heterocycles. The molecule has 1 aliphatic heterocycles. The average molecular weight is 348 g/mol. The summed E-state index contributed by atoms with van der Waals surface area (Å²) in [6.07, 6.45) is 0.253. The summed E-state index contributed by atoms with van der Waals surface area (Å²) >= 11 is 0. The summed E-state index contributed by atoms with van der Waals surface area (Å²) in [7, 11) is 0. The largest absolute Gasteiger partial charge is 0.412 e. The van der Waals surface area contributed by atoms with Gasteiger partial charge in [0, 0.05) is 25.2 Å². The van der Waals surface area contributed by atoms with E-state index in [0.717, 1.165) is 25.8 Å². The fraction of sp³-hybridized carbons (Fsp3) is 0.556. The third-order valence-electron chi connectivity index (χ3n) is 4.41. The molecule has 0 N–H and O–H groups in total. The molecule has 0 radical (unpaired) electrons. The Bertz CT molecular complexity index is 538. The van der Waals surface area contributed by atoms with Crippen LogP contribution in [0.15, 0.2) is 29.8 Å². The van der Waals surface area contributed by atoms with E-state index < -0.39 is 6.18 Å². The predicted octanol–water partition coefficient (Wildman–Crippen LogP) is 4.97. The fourth-order valence-corrected chi connectivity index (χ4v) is 2.97. The van der Waals surface area contributed by atoms with Gasteiger partial charge in [-0.2, -0.15) is 13.2 Å². The number of benzene rings is 1. The van der Waals surface area contributed by atoms with E-state index in [1.165, 1.54) is 22.8 Å². The van der Waals surface area contributed by atoms with Crippen molar-refractivity contribution in [3.05, 3.63) is 46.5 Å². The van der Waals surface area contributed by atoms with Crippen molar-refractivity contribution in [2.24, 2.45) is 0 Å². The number of nitrogens with zero attached hydrogens (tertiary/aromatic N) is 1. The van der Waals surface area contributed by atoms with Gasteiger partial charge in [0.2, 0.25) is 0 Å². The molecule has 1 aromatic carbocycles. The molecule has 0 bridgehead atoms. The number of halogens is 4. The van der Waals surface area contributed by atoms with Gasteiger partial charge in [-0.15, -0.1) is 12.4 Å². The van der Waals surface area contributed by atoms with E-state index in [1.54, 1.807) is 0 Å². The maximum atomic E-state index is 12.6. The van der Waals surface area contributed by atoms with Crippen molar-refractivity contribution in [3.8, 4) is 0 Å². The summed E-state index contributed by atoms with van der Waals surface area (Å²) in [5, 5.41) is 0. The number of hydrogen-bond donors (Lipinski definition) is 0. The molecule has 0 atom stereocenters. The molecule has 130 valence electrons. The van der Waals surface area contributed by atoms with E-state index in [2.05, 4.69) is 36.9 Å². The topological polar surface area (TPSA) is 3.24 Å². The number of alkyl halides is 3. The molecule has 0 amide bonds. The zero-order valence-electron chi connectivity index (χ0n) is 13.7. The van der Waals surface area contributed by atoms with Gasteiger partial charge in [-0.25, -0.2) is 0 Å². The Morgan fingerprint density at radius 2 is 1.78 bits per heavy atom. The zero-order chi connectivity index (χ0) is 16.2. The van der Waals surface area contributed by atoms with Crippen LogP contribution in [0.2, 0.25) is 0 Å². The van der Waals surface area contributed by atoms with Crippen LogP contribution in [0.4, 0.5) is 13.2 Å². The van der Waals surface area contributed by atoms with Crippen LogP contribution in [0.3, 0.4) is 0 Å². The molecule has 0 saturated heterocycles. The molecule has 2 rings (SSSR count). The lowest BCUT2D eigenvalue weighted by Crippen LogP contribution is -2.33. The van der Waals surface area contributed by atoms with Gasteiger partial charge in [0.1, 0.15) is 0 Å². The molecule has 1 aromatic rings. The molecule has 0 aliphatic carbocycles. The van der Waals surface area contributed by atoms with Crippen LogP contribution < -0.4 is 0 Å². The summed E-state index contributed by atoms with van der Waals surface area (Å²) in [6, 6.07) is 6.59. The first-order valence-electron chi connectivity index (χ1n) is 8.03. The normalized spacial score (nSPS) is 16.0. The van der Waals surface area contributed by atoms with Gasteiger partial charge in [0.25, 0.3) is 0 Å². The van der Waals surface area contributed by atoms with E-state index in [4.69, 9.17) is 0 Å². The van der Waals surface area contributed by atoms with Crippen LogP contribution in [0.25, 0.3) is 0 Å². The second kappa shape index (κ2) is 8.74. The summed E-state index contributed by atoms with van der Waals surface area (Å²) in [6.45, 7) is 6.04. The molecule has 1 heterocycles. The van der Waals surface area contributed by atoms with E-state index in [9.17, 15) is 13.2 Å². The Labute approximate surface area is 143 Å². The lowest BCUT2D eigenvalue weighted by molar-refractivity contribution is -0.0959. The quantitative estimate of drug-likeness (QED) is 0.680. The predicted molar refractivity (Wildman–Crippen MR) is 91.3 cm³/mol. The molecule has 1 nitrogen and oxygen atoms in total. The minimum atomic E-state index is -4.15. The fourth-order valence-electron chi connectivity index (χ4n) is 2.97. The molecule has 0 fully saturated rings. The zero-order valence-corrected chi connectivity index (χ0v) is 14.6. The first-order chi connectivity index (χ1) is 10.4. The van der Waals surface area contributed by atoms with Crippen LogP contribution in [0.1, 0.15) is 37.0 Å². The average Bonchev–Trinajstić information content (AvgIpc) is 2.52. The lowest BCUT2D eigenvalue weighted by atomic mass is 9.98. The van der Waals surface area contributed by atoms with Gasteiger partial charge in [0.15, 0.2) is 0 Å². The minimum Gasteiger partial charge on any atom is -0.299 e. The van der Waals surface area contributed by atoms with Crippen molar-refractivity contribution < 1.29 is 13.2 Å². The van der Waals surface area contributed by atoms with E-state index >= 15 is 0 Å². The van der Waals surface area contributed by atoms with Crippen LogP contribution in [-0.2, 0) is 19.3 Å². The van der Waals surface area contributed by atoms with Gasteiger partial charge in [-0.05, 0) is 42.4 Å². The van der Waals surface area contributed by atoms with Crippen LogP contribution >= 0.6 is 12.4 Å². The van der Waals surface area contributed by atoms with E-state index in [0.29, 0.717) is 13.1 Å². The Hall–Kier alpha value is -1.00. The SMILES string of the molecule is CCc1ccc(CCN2CC=C(C(F)(F)F)CC2)cc1CC.Cl. The summed E-state index contributed by atoms with van der Waals surface area (Å²) in [5.41, 5.74) is 3.68. The highest BCUT2D eigenvalue weighted by Gasteiger charge is 2.34. The van der Waals surface area contributed by atoms with Gasteiger partial charge in [0.05, 0.1) is 0 Å². The van der Waals surface area contributed by atoms with Crippen molar-refractivity contribution in [1.29, 1.82) is 0 Å². The number of hydrogen-bond acceptors (Lipinski definition) is 1. The standard InChI is InChI=1S/C18H24F3N.ClH/c1-3-15-6-5-14(13-16(15)4-2)7-10-22-11-8-17(9-12-22)18(19,20)21;/h5-6,8,13H,3-4,7,9-12H2,1-2H3;1H. The van der Waals surface area contributed by atoms with Crippen LogP contribution in [-0.4, -0.2) is 30.7 Å². The van der Waals surface area contributed by atoms with Crippen LogP contribution in [0.5, 0.6) is 0 Å². The van der Waals surface area contributed by atoms with Crippen molar-refractivity contribution in [2.75, 3.05) is 19.6 Å². The van der Waals surface area contributed by atoms with E-state index in [-0.39, 0.29) is 24.4 Å². The first kappa shape index (κ1) is 20.0. The Balaban J connectivity index is 0.00000264. The molecule has 23 heavy (non-hydrogen) atoms. The molecule has 1 aliphatic rings. The summed E-state index contributed by atoms with van der Waals surface area (Å²) in [4.78, 5) is 2.09. The molecular formula is C18H25ClF3N. The van der Waals surface area contributed by atoms with Crippen molar-refractivity contribution >= 4 is 12.4 Å². The van der Waals surface area contributed by atoms with Gasteiger partial charge in [-0.1, -0.05) is 38.1 Å². The summed E-state index contributed by atoms with van der Waals surface area (Å²) < 4.78 is 37.8. The summed E-state index contributed by atoms with van der Waals surface area (Å²) in [5.74, 6) is 0. The van der Waals surface area contributed by atoms with Crippen molar-refractivity contribution in [2.45, 2.75) is 45.7 Å². The smallest absolute Gasteiger partial charge is 0.299 e. The molecule has 5 heteroatoms. The molecular weight excluding hydrogens is 323 g/mol. The highest BCUT2D eigenvalue weighted by molar-refractivity contribution is 5.85. The van der Waals surface area contributed by atoms with Crippen molar-refractivity contribution in [3.63, 3.8) is 0 Å². The number of rotatable bonds is 5. The minimum absolute atomic E-state index is 0. The van der Waals surface area contributed by atoms with E-state index in [1.807, 2.05) is 0 Å². The first-order valence-corrected chi connectivity index (χ1v) is 8.03. The molecule has 0 saturated carbocycles. The maximum absolute atomic E-state index is 12.6. The number of aryl methyl sites for hydroxylation is 2.